The number of benzene rings is 2. The number of ether oxygens (including phenoxy) is 2. The Morgan fingerprint density at radius 1 is 0.719 bits per heavy atom. The van der Waals surface area contributed by atoms with E-state index in [1.807, 2.05) is 0 Å². The smallest absolute Gasteiger partial charge is 0.273 e. The third-order valence-electron chi connectivity index (χ3n) is 12.7. The van der Waals surface area contributed by atoms with Crippen LogP contribution in [-0.2, 0) is 29.1 Å². The topological polar surface area (TPSA) is 52.6 Å². The van der Waals surface area contributed by atoms with Crippen LogP contribution in [0.4, 0.5) is 17.6 Å². The standard InChI is InChI=1S/C21H24Cl2F2O2.C19H24F2O.C2Cl4O.Zn/c1-2-27-16-8-7-15(18(24)19(16)25)13-5-3-12(4-6-13)14-9-20(10-14)11-17(26)21(20,22)23;1-3-22-17-9-8-16(18(20)19(17)21)14-6-4-13(5-7-14)15-10-12(2)11-15;3-1(7)2(4,5)6;/h7-8,12-14H,2-6,9-11H2,1H3;8-9,13-15H,2-7,10-11H2,1H3;;. The van der Waals surface area contributed by atoms with E-state index in [0.29, 0.717) is 42.6 Å². The summed E-state index contributed by atoms with van der Waals surface area (Å²) >= 11 is 31.9. The largest absolute Gasteiger partial charge is 0.491 e. The van der Waals surface area contributed by atoms with Crippen molar-refractivity contribution >= 4 is 80.6 Å². The molecule has 2 aromatic carbocycles. The van der Waals surface area contributed by atoms with Gasteiger partial charge in [0.15, 0.2) is 33.3 Å². The summed E-state index contributed by atoms with van der Waals surface area (Å²) < 4.78 is 64.0. The molecule has 0 atom stereocenters. The normalized spacial score (nSPS) is 27.9. The summed E-state index contributed by atoms with van der Waals surface area (Å²) in [4.78, 5) is 21.5. The zero-order valence-corrected chi connectivity index (χ0v) is 39.7. The first-order valence-electron chi connectivity index (χ1n) is 19.4. The number of ketones is 1. The van der Waals surface area contributed by atoms with Gasteiger partial charge in [-0.15, -0.1) is 0 Å². The van der Waals surface area contributed by atoms with Crippen LogP contribution in [0.25, 0.3) is 0 Å². The minimum atomic E-state index is -1.96. The first-order chi connectivity index (χ1) is 26.3. The summed E-state index contributed by atoms with van der Waals surface area (Å²) in [7, 11) is 0. The van der Waals surface area contributed by atoms with Crippen molar-refractivity contribution in [3.8, 4) is 11.5 Å². The van der Waals surface area contributed by atoms with Crippen molar-refractivity contribution in [2.75, 3.05) is 13.2 Å². The summed E-state index contributed by atoms with van der Waals surface area (Å²) in [6.07, 6.45) is 12.5. The van der Waals surface area contributed by atoms with Gasteiger partial charge < -0.3 is 9.47 Å². The molecule has 5 aliphatic carbocycles. The van der Waals surface area contributed by atoms with Gasteiger partial charge in [-0.05, 0) is 161 Å². The maximum Gasteiger partial charge on any atom is 0.273 e. The van der Waals surface area contributed by atoms with Crippen LogP contribution in [0.15, 0.2) is 36.4 Å². The van der Waals surface area contributed by atoms with Crippen molar-refractivity contribution in [3.63, 3.8) is 0 Å². The molecule has 0 saturated heterocycles. The maximum atomic E-state index is 14.5. The zero-order chi connectivity index (χ0) is 41.2. The molecule has 7 rings (SSSR count). The Morgan fingerprint density at radius 2 is 1.11 bits per heavy atom. The van der Waals surface area contributed by atoms with E-state index < -0.39 is 36.6 Å². The van der Waals surface area contributed by atoms with Crippen LogP contribution in [0, 0.1) is 52.4 Å². The Kier molecular flexibility index (Phi) is 17.5. The summed E-state index contributed by atoms with van der Waals surface area (Å²) in [5.41, 5.74) is 2.15. The molecule has 312 valence electrons. The molecular formula is C42H48Cl6F4O4Zn. The van der Waals surface area contributed by atoms with Gasteiger partial charge in [0.05, 0.1) is 13.2 Å². The number of rotatable bonds is 8. The van der Waals surface area contributed by atoms with Crippen molar-refractivity contribution in [2.45, 2.75) is 117 Å². The second kappa shape index (κ2) is 20.4. The third-order valence-corrected chi connectivity index (χ3v) is 15.0. The molecule has 0 N–H and O–H groups in total. The van der Waals surface area contributed by atoms with Gasteiger partial charge in [0, 0.05) is 31.3 Å². The number of halogens is 10. The molecule has 5 aliphatic rings. The molecule has 0 heterocycles. The van der Waals surface area contributed by atoms with Gasteiger partial charge in [0.2, 0.25) is 11.6 Å². The van der Waals surface area contributed by atoms with E-state index >= 15 is 0 Å². The Bertz CT molecular complexity index is 1740. The first-order valence-corrected chi connectivity index (χ1v) is 21.7. The number of carbonyl (C=O) groups is 2. The number of hydrogen-bond acceptors (Lipinski definition) is 4. The summed E-state index contributed by atoms with van der Waals surface area (Å²) in [5.74, 6) is -0.437. The fourth-order valence-corrected chi connectivity index (χ4v) is 10.0. The Hall–Kier alpha value is -0.797. The monoisotopic (exact) mass is 966 g/mol. The minimum Gasteiger partial charge on any atom is -0.491 e. The number of allylic oxidation sites excluding steroid dienone is 1. The number of carbonyl (C=O) groups excluding carboxylic acids is 2. The molecule has 0 aliphatic heterocycles. The molecule has 0 radical (unpaired) electrons. The van der Waals surface area contributed by atoms with E-state index in [9.17, 15) is 27.2 Å². The van der Waals surface area contributed by atoms with Crippen LogP contribution >= 0.6 is 69.6 Å². The van der Waals surface area contributed by atoms with E-state index in [2.05, 4.69) is 6.58 Å². The molecule has 1 spiro atoms. The van der Waals surface area contributed by atoms with Crippen LogP contribution in [0.1, 0.15) is 120 Å². The maximum absolute atomic E-state index is 14.5. The van der Waals surface area contributed by atoms with Crippen molar-refractivity contribution in [2.24, 2.45) is 29.1 Å². The molecule has 57 heavy (non-hydrogen) atoms. The summed E-state index contributed by atoms with van der Waals surface area (Å²) in [6.45, 7) is 8.17. The Balaban J connectivity index is 0.000000217. The molecule has 0 unspecified atom stereocenters. The number of hydrogen-bond donors (Lipinski definition) is 0. The number of Topliss-reactive ketones (excluding diaryl/α,β-unsaturated/α-hetero) is 1. The van der Waals surface area contributed by atoms with Gasteiger partial charge in [-0.3, -0.25) is 9.59 Å². The van der Waals surface area contributed by atoms with Crippen LogP contribution in [0.3, 0.4) is 0 Å². The van der Waals surface area contributed by atoms with E-state index in [-0.39, 0.29) is 54.0 Å². The molecule has 5 fully saturated rings. The predicted octanol–water partition coefficient (Wildman–Crippen LogP) is 13.9. The fraction of sp³-hybridized carbons (Fsp3) is 0.619. The molecule has 5 saturated carbocycles. The SMILES string of the molecule is C=C1CC(C2CCC(c3ccc(OCC)c(F)c3F)CC2)C1.CCOc1ccc(C2CCC(C3CC4(CC(=O)C4(Cl)Cl)C3)CC2)c(F)c1F.O=C(Cl)C(Cl)(Cl)Cl.[Zn]. The van der Waals surface area contributed by atoms with Crippen molar-refractivity contribution in [1.82, 2.24) is 0 Å². The number of alkyl halides is 5. The van der Waals surface area contributed by atoms with E-state index in [0.717, 1.165) is 76.0 Å². The molecule has 15 heteroatoms. The molecule has 4 nitrogen and oxygen atoms in total. The third kappa shape index (κ3) is 11.0. The van der Waals surface area contributed by atoms with E-state index in [1.165, 1.54) is 24.5 Å². The zero-order valence-electron chi connectivity index (χ0n) is 32.2. The summed E-state index contributed by atoms with van der Waals surface area (Å²) in [5, 5.41) is -0.988. The van der Waals surface area contributed by atoms with Gasteiger partial charge in [-0.25, -0.2) is 8.78 Å². The molecule has 0 bridgehead atoms. The predicted molar refractivity (Wildman–Crippen MR) is 217 cm³/mol. The van der Waals surface area contributed by atoms with E-state index in [4.69, 9.17) is 79.1 Å². The Labute approximate surface area is 376 Å². The van der Waals surface area contributed by atoms with Gasteiger partial charge in [-0.2, -0.15) is 8.78 Å². The molecular weight excluding hydrogens is 923 g/mol. The molecule has 0 amide bonds. The van der Waals surface area contributed by atoms with Crippen LogP contribution in [0.2, 0.25) is 0 Å². The quantitative estimate of drug-likeness (QED) is 0.0870. The Morgan fingerprint density at radius 3 is 1.42 bits per heavy atom. The average molecular weight is 971 g/mol. The summed E-state index contributed by atoms with van der Waals surface area (Å²) in [6, 6.07) is 6.48. The van der Waals surface area contributed by atoms with Crippen LogP contribution < -0.4 is 9.47 Å². The molecule has 0 aromatic heterocycles. The van der Waals surface area contributed by atoms with Crippen LogP contribution in [0.5, 0.6) is 11.5 Å². The first kappa shape index (κ1) is 48.9. The second-order valence-corrected chi connectivity index (χ2v) is 19.9. The van der Waals surface area contributed by atoms with Gasteiger partial charge >= 0.3 is 0 Å². The average Bonchev–Trinajstić information content (AvgIpc) is 3.13. The molecule has 2 aromatic rings. The van der Waals surface area contributed by atoms with Gasteiger partial charge in [-0.1, -0.05) is 82.3 Å². The van der Waals surface area contributed by atoms with Crippen LogP contribution in [-0.4, -0.2) is 32.4 Å². The second-order valence-electron chi connectivity index (χ2n) is 16.0. The van der Waals surface area contributed by atoms with Gasteiger partial charge in [0.25, 0.3) is 9.03 Å². The van der Waals surface area contributed by atoms with Crippen molar-refractivity contribution in [1.29, 1.82) is 0 Å². The van der Waals surface area contributed by atoms with Crippen molar-refractivity contribution in [3.05, 3.63) is 70.8 Å². The van der Waals surface area contributed by atoms with Crippen molar-refractivity contribution < 1.29 is 56.1 Å². The minimum absolute atomic E-state index is 0. The van der Waals surface area contributed by atoms with Gasteiger partial charge in [0.1, 0.15) is 0 Å². The fourth-order valence-electron chi connectivity index (χ4n) is 9.47. The van der Waals surface area contributed by atoms with E-state index in [1.54, 1.807) is 32.0 Å².